The molecule has 0 aromatic heterocycles. The SMILES string of the molecule is CCCN(CCC)C[C@@H](O)COc1ccc2ccccc2c1. The molecule has 1 N–H and O–H groups in total. The second-order valence-electron chi connectivity index (χ2n) is 5.77. The molecule has 0 radical (unpaired) electrons. The molecular formula is C19H27NO2. The second kappa shape index (κ2) is 8.76. The summed E-state index contributed by atoms with van der Waals surface area (Å²) < 4.78 is 5.76. The number of benzene rings is 2. The first-order valence-electron chi connectivity index (χ1n) is 8.25. The molecule has 0 spiro atoms. The molecule has 0 aliphatic heterocycles. The summed E-state index contributed by atoms with van der Waals surface area (Å²) >= 11 is 0. The number of fused-ring (bicyclic) bond motifs is 1. The van der Waals surface area contributed by atoms with E-state index < -0.39 is 6.10 Å². The number of hydrogen-bond donors (Lipinski definition) is 1. The molecule has 22 heavy (non-hydrogen) atoms. The number of hydrogen-bond acceptors (Lipinski definition) is 3. The van der Waals surface area contributed by atoms with Gasteiger partial charge in [-0.05, 0) is 48.8 Å². The van der Waals surface area contributed by atoms with E-state index in [0.717, 1.165) is 37.1 Å². The van der Waals surface area contributed by atoms with Crippen LogP contribution in [0.2, 0.25) is 0 Å². The molecule has 2 rings (SSSR count). The highest BCUT2D eigenvalue weighted by Gasteiger charge is 2.11. The maximum atomic E-state index is 10.2. The van der Waals surface area contributed by atoms with Gasteiger partial charge in [0, 0.05) is 6.54 Å². The number of rotatable bonds is 9. The van der Waals surface area contributed by atoms with E-state index >= 15 is 0 Å². The quantitative estimate of drug-likeness (QED) is 0.766. The van der Waals surface area contributed by atoms with E-state index in [-0.39, 0.29) is 0 Å². The van der Waals surface area contributed by atoms with Gasteiger partial charge < -0.3 is 14.7 Å². The fraction of sp³-hybridized carbons (Fsp3) is 0.474. The first kappa shape index (κ1) is 16.8. The van der Waals surface area contributed by atoms with Gasteiger partial charge in [0.1, 0.15) is 18.5 Å². The third-order valence-corrected chi connectivity index (χ3v) is 3.71. The van der Waals surface area contributed by atoms with E-state index in [9.17, 15) is 5.11 Å². The molecule has 3 heteroatoms. The Kier molecular flexibility index (Phi) is 6.69. The van der Waals surface area contributed by atoms with E-state index in [0.29, 0.717) is 13.2 Å². The summed E-state index contributed by atoms with van der Waals surface area (Å²) in [6.07, 6.45) is 1.76. The summed E-state index contributed by atoms with van der Waals surface area (Å²) in [6.45, 7) is 7.40. The van der Waals surface area contributed by atoms with Gasteiger partial charge in [0.25, 0.3) is 0 Å². The lowest BCUT2D eigenvalue weighted by Crippen LogP contribution is -2.36. The van der Waals surface area contributed by atoms with E-state index in [2.05, 4.69) is 36.9 Å². The largest absolute Gasteiger partial charge is 0.491 e. The molecule has 0 bridgehead atoms. The van der Waals surface area contributed by atoms with E-state index in [1.54, 1.807) is 0 Å². The molecule has 2 aromatic rings. The Bertz CT molecular complexity index is 564. The normalized spacial score (nSPS) is 12.7. The molecule has 0 unspecified atom stereocenters. The van der Waals surface area contributed by atoms with Gasteiger partial charge in [-0.3, -0.25) is 0 Å². The van der Waals surface area contributed by atoms with E-state index in [1.807, 2.05) is 24.3 Å². The summed E-state index contributed by atoms with van der Waals surface area (Å²) in [6, 6.07) is 14.3. The van der Waals surface area contributed by atoms with Crippen LogP contribution in [0.15, 0.2) is 42.5 Å². The molecule has 2 aromatic carbocycles. The van der Waals surface area contributed by atoms with Crippen molar-refractivity contribution in [1.29, 1.82) is 0 Å². The van der Waals surface area contributed by atoms with Crippen molar-refractivity contribution in [3.05, 3.63) is 42.5 Å². The van der Waals surface area contributed by atoms with Crippen molar-refractivity contribution < 1.29 is 9.84 Å². The van der Waals surface area contributed by atoms with Gasteiger partial charge >= 0.3 is 0 Å². The first-order chi connectivity index (χ1) is 10.7. The Morgan fingerprint density at radius 1 is 1.00 bits per heavy atom. The number of aliphatic hydroxyl groups is 1. The van der Waals surface area contributed by atoms with E-state index in [4.69, 9.17) is 4.74 Å². The van der Waals surface area contributed by atoms with Crippen LogP contribution in [-0.4, -0.2) is 42.4 Å². The van der Waals surface area contributed by atoms with Crippen molar-refractivity contribution in [1.82, 2.24) is 4.90 Å². The molecule has 0 heterocycles. The predicted molar refractivity (Wildman–Crippen MR) is 92.5 cm³/mol. The van der Waals surface area contributed by atoms with Crippen LogP contribution in [0, 0.1) is 0 Å². The molecule has 1 atom stereocenters. The molecule has 0 amide bonds. The summed E-state index contributed by atoms with van der Waals surface area (Å²) in [7, 11) is 0. The van der Waals surface area contributed by atoms with Crippen molar-refractivity contribution in [2.75, 3.05) is 26.2 Å². The van der Waals surface area contributed by atoms with Gasteiger partial charge in [-0.15, -0.1) is 0 Å². The summed E-state index contributed by atoms with van der Waals surface area (Å²) in [5.41, 5.74) is 0. The molecule has 120 valence electrons. The lowest BCUT2D eigenvalue weighted by molar-refractivity contribution is 0.0682. The van der Waals surface area contributed by atoms with Gasteiger partial charge in [-0.2, -0.15) is 0 Å². The van der Waals surface area contributed by atoms with Gasteiger partial charge in [-0.25, -0.2) is 0 Å². The van der Waals surface area contributed by atoms with Gasteiger partial charge in [0.05, 0.1) is 0 Å². The van der Waals surface area contributed by atoms with Crippen LogP contribution in [0.1, 0.15) is 26.7 Å². The molecule has 0 aliphatic rings. The van der Waals surface area contributed by atoms with Gasteiger partial charge in [-0.1, -0.05) is 44.2 Å². The summed E-state index contributed by atoms with van der Waals surface area (Å²) in [5, 5.41) is 12.5. The van der Waals surface area contributed by atoms with Gasteiger partial charge in [0.15, 0.2) is 0 Å². The number of ether oxygens (including phenoxy) is 1. The third kappa shape index (κ3) is 5.00. The monoisotopic (exact) mass is 301 g/mol. The van der Waals surface area contributed by atoms with Crippen molar-refractivity contribution >= 4 is 10.8 Å². The minimum absolute atomic E-state index is 0.336. The lowest BCUT2D eigenvalue weighted by Gasteiger charge is -2.24. The molecule has 0 fully saturated rings. The lowest BCUT2D eigenvalue weighted by atomic mass is 10.1. The Balaban J connectivity index is 1.87. The minimum Gasteiger partial charge on any atom is -0.491 e. The smallest absolute Gasteiger partial charge is 0.120 e. The van der Waals surface area contributed by atoms with Gasteiger partial charge in [0.2, 0.25) is 0 Å². The topological polar surface area (TPSA) is 32.7 Å². The van der Waals surface area contributed by atoms with Crippen LogP contribution in [0.4, 0.5) is 0 Å². The standard InChI is InChI=1S/C19H27NO2/c1-3-11-20(12-4-2)14-18(21)15-22-19-10-9-16-7-5-6-8-17(16)13-19/h5-10,13,18,21H,3-4,11-12,14-15H2,1-2H3/t18-/m1/s1. The average Bonchev–Trinajstić information content (AvgIpc) is 2.53. The highest BCUT2D eigenvalue weighted by atomic mass is 16.5. The fourth-order valence-corrected chi connectivity index (χ4v) is 2.73. The van der Waals surface area contributed by atoms with E-state index in [1.165, 1.54) is 5.39 Å². The van der Waals surface area contributed by atoms with Crippen LogP contribution in [0.5, 0.6) is 5.75 Å². The molecular weight excluding hydrogens is 274 g/mol. The fourth-order valence-electron chi connectivity index (χ4n) is 2.73. The maximum Gasteiger partial charge on any atom is 0.120 e. The zero-order chi connectivity index (χ0) is 15.8. The molecule has 0 saturated heterocycles. The van der Waals surface area contributed by atoms with Crippen LogP contribution in [0.3, 0.4) is 0 Å². The Labute approximate surface area is 133 Å². The molecule has 0 saturated carbocycles. The number of nitrogens with zero attached hydrogens (tertiary/aromatic N) is 1. The Hall–Kier alpha value is -1.58. The predicted octanol–water partition coefficient (Wildman–Crippen LogP) is 3.70. The van der Waals surface area contributed by atoms with Crippen LogP contribution < -0.4 is 4.74 Å². The van der Waals surface area contributed by atoms with Crippen molar-refractivity contribution in [3.63, 3.8) is 0 Å². The van der Waals surface area contributed by atoms with Crippen LogP contribution in [-0.2, 0) is 0 Å². The van der Waals surface area contributed by atoms with Crippen molar-refractivity contribution in [2.45, 2.75) is 32.8 Å². The van der Waals surface area contributed by atoms with Crippen molar-refractivity contribution in [3.8, 4) is 5.75 Å². The zero-order valence-electron chi connectivity index (χ0n) is 13.7. The Morgan fingerprint density at radius 3 is 2.36 bits per heavy atom. The minimum atomic E-state index is -0.454. The third-order valence-electron chi connectivity index (χ3n) is 3.71. The molecule has 3 nitrogen and oxygen atoms in total. The second-order valence-corrected chi connectivity index (χ2v) is 5.77. The maximum absolute atomic E-state index is 10.2. The van der Waals surface area contributed by atoms with Crippen LogP contribution >= 0.6 is 0 Å². The number of aliphatic hydroxyl groups excluding tert-OH is 1. The zero-order valence-corrected chi connectivity index (χ0v) is 13.7. The Morgan fingerprint density at radius 2 is 1.68 bits per heavy atom. The summed E-state index contributed by atoms with van der Waals surface area (Å²) in [5.74, 6) is 0.815. The first-order valence-corrected chi connectivity index (χ1v) is 8.25. The van der Waals surface area contributed by atoms with Crippen molar-refractivity contribution in [2.24, 2.45) is 0 Å². The molecule has 0 aliphatic carbocycles. The van der Waals surface area contributed by atoms with Crippen LogP contribution in [0.25, 0.3) is 10.8 Å². The highest BCUT2D eigenvalue weighted by molar-refractivity contribution is 5.83. The average molecular weight is 301 g/mol. The highest BCUT2D eigenvalue weighted by Crippen LogP contribution is 2.20. The summed E-state index contributed by atoms with van der Waals surface area (Å²) in [4.78, 5) is 2.30.